The summed E-state index contributed by atoms with van der Waals surface area (Å²) in [7, 11) is 0. The van der Waals surface area contributed by atoms with Gasteiger partial charge in [-0.25, -0.2) is 23.2 Å². The fourth-order valence-electron chi connectivity index (χ4n) is 4.30. The van der Waals surface area contributed by atoms with Gasteiger partial charge >= 0.3 is 6.09 Å². The van der Waals surface area contributed by atoms with Crippen LogP contribution in [0.5, 0.6) is 0 Å². The van der Waals surface area contributed by atoms with Crippen molar-refractivity contribution in [2.24, 2.45) is 17.1 Å². The van der Waals surface area contributed by atoms with Gasteiger partial charge in [0, 0.05) is 6.54 Å². The highest BCUT2D eigenvalue weighted by molar-refractivity contribution is 5.79. The fraction of sp³-hybridized carbons (Fsp3) is 0.571. The zero-order valence-corrected chi connectivity index (χ0v) is 17.8. The lowest BCUT2D eigenvalue weighted by Gasteiger charge is -2.47. The highest BCUT2D eigenvalue weighted by Gasteiger charge is 2.40. The van der Waals surface area contributed by atoms with Gasteiger partial charge < -0.3 is 20.7 Å². The molecule has 168 valence electrons. The highest BCUT2D eigenvalue weighted by Crippen LogP contribution is 2.39. The van der Waals surface area contributed by atoms with Crippen molar-refractivity contribution in [1.82, 2.24) is 14.6 Å². The minimum Gasteiger partial charge on any atom is -0.465 e. The van der Waals surface area contributed by atoms with E-state index >= 15 is 0 Å². The topological polar surface area (TPSA) is 105 Å². The first kappa shape index (κ1) is 21.5. The van der Waals surface area contributed by atoms with Crippen LogP contribution in [0.1, 0.15) is 45.5 Å². The van der Waals surface area contributed by atoms with Gasteiger partial charge in [0.15, 0.2) is 0 Å². The number of rotatable bonds is 3. The molecule has 1 amide bonds. The SMILES string of the molecule is CC(C)(C)C1CN(n2c(C(N)C3CC3)nc3c(F)ccc(F)c3c2=O)CCN1C(=O)O. The van der Waals surface area contributed by atoms with E-state index in [-0.39, 0.29) is 36.9 Å². The lowest BCUT2D eigenvalue weighted by atomic mass is 9.84. The number of carboxylic acid groups (broad SMARTS) is 1. The van der Waals surface area contributed by atoms with Crippen LogP contribution in [0.2, 0.25) is 0 Å². The molecule has 2 aromatic rings. The van der Waals surface area contributed by atoms with E-state index in [1.165, 1.54) is 9.58 Å². The lowest BCUT2D eigenvalue weighted by molar-refractivity contribution is 0.0682. The molecular formula is C21H27F2N5O3. The Labute approximate surface area is 178 Å². The first-order chi connectivity index (χ1) is 14.5. The summed E-state index contributed by atoms with van der Waals surface area (Å²) in [4.78, 5) is 30.9. The van der Waals surface area contributed by atoms with Crippen LogP contribution in [0.4, 0.5) is 13.6 Å². The summed E-state index contributed by atoms with van der Waals surface area (Å²) in [5.41, 5.74) is 4.90. The first-order valence-corrected chi connectivity index (χ1v) is 10.4. The molecule has 0 radical (unpaired) electrons. The molecule has 2 atom stereocenters. The molecule has 3 N–H and O–H groups in total. The van der Waals surface area contributed by atoms with Crippen molar-refractivity contribution in [2.45, 2.75) is 45.7 Å². The minimum absolute atomic E-state index is 0.117. The van der Waals surface area contributed by atoms with Gasteiger partial charge in [-0.1, -0.05) is 20.8 Å². The third-order valence-electron chi connectivity index (χ3n) is 6.24. The molecule has 1 saturated heterocycles. The number of nitrogens with two attached hydrogens (primary N) is 1. The summed E-state index contributed by atoms with van der Waals surface area (Å²) in [5, 5.41) is 10.9. The zero-order chi connectivity index (χ0) is 22.7. The van der Waals surface area contributed by atoms with Crippen LogP contribution in [0.15, 0.2) is 16.9 Å². The number of nitrogens with zero attached hydrogens (tertiary/aromatic N) is 4. The second-order valence-electron chi connectivity index (χ2n) is 9.47. The first-order valence-electron chi connectivity index (χ1n) is 10.4. The van der Waals surface area contributed by atoms with Gasteiger partial charge in [0.2, 0.25) is 0 Å². The summed E-state index contributed by atoms with van der Waals surface area (Å²) in [5.74, 6) is -1.34. The standard InChI is InChI=1S/C21H27F2N5O3/c1-21(2,3)14-10-26(8-9-27(14)20(30)31)28-18(16(24)11-4-5-11)25-17-13(23)7-6-12(22)15(17)19(28)29/h6-7,11,14,16H,4-5,8-10,24H2,1-3H3,(H,30,31). The third-order valence-corrected chi connectivity index (χ3v) is 6.24. The van der Waals surface area contributed by atoms with E-state index in [2.05, 4.69) is 4.98 Å². The largest absolute Gasteiger partial charge is 0.465 e. The lowest BCUT2D eigenvalue weighted by Crippen LogP contribution is -2.64. The van der Waals surface area contributed by atoms with Gasteiger partial charge in [0.25, 0.3) is 5.56 Å². The Morgan fingerprint density at radius 1 is 1.23 bits per heavy atom. The number of carbonyl (C=O) groups is 1. The van der Waals surface area contributed by atoms with Crippen LogP contribution < -0.4 is 16.3 Å². The van der Waals surface area contributed by atoms with Crippen molar-refractivity contribution >= 4 is 17.0 Å². The number of benzene rings is 1. The monoisotopic (exact) mass is 435 g/mol. The quantitative estimate of drug-likeness (QED) is 0.767. The maximum Gasteiger partial charge on any atom is 0.407 e. The van der Waals surface area contributed by atoms with Crippen LogP contribution in [0.25, 0.3) is 10.9 Å². The summed E-state index contributed by atoms with van der Waals surface area (Å²) in [6.45, 7) is 6.32. The molecule has 2 heterocycles. The van der Waals surface area contributed by atoms with E-state index in [0.29, 0.717) is 0 Å². The van der Waals surface area contributed by atoms with Gasteiger partial charge in [0.05, 0.1) is 25.2 Å². The average molecular weight is 435 g/mol. The molecule has 2 unspecified atom stereocenters. The molecule has 1 aliphatic carbocycles. The van der Waals surface area contributed by atoms with E-state index < -0.39 is 46.2 Å². The summed E-state index contributed by atoms with van der Waals surface area (Å²) in [6.07, 6.45) is 0.711. The average Bonchev–Trinajstić information content (AvgIpc) is 3.54. The molecule has 0 spiro atoms. The predicted molar refractivity (Wildman–Crippen MR) is 111 cm³/mol. The number of fused-ring (bicyclic) bond motifs is 1. The van der Waals surface area contributed by atoms with Crippen LogP contribution in [-0.4, -0.2) is 51.4 Å². The third kappa shape index (κ3) is 3.73. The Morgan fingerprint density at radius 3 is 2.45 bits per heavy atom. The number of amides is 1. The van der Waals surface area contributed by atoms with Crippen LogP contribution in [0.3, 0.4) is 0 Å². The van der Waals surface area contributed by atoms with Crippen LogP contribution in [0, 0.1) is 23.0 Å². The summed E-state index contributed by atoms with van der Waals surface area (Å²) >= 11 is 0. The van der Waals surface area contributed by atoms with E-state index in [1.807, 2.05) is 20.8 Å². The molecule has 10 heteroatoms. The van der Waals surface area contributed by atoms with E-state index in [0.717, 1.165) is 25.0 Å². The van der Waals surface area contributed by atoms with Crippen molar-refractivity contribution in [3.05, 3.63) is 39.9 Å². The second-order valence-corrected chi connectivity index (χ2v) is 9.47. The maximum atomic E-state index is 14.6. The number of halogens is 2. The van der Waals surface area contributed by atoms with E-state index in [1.54, 1.807) is 5.01 Å². The maximum absolute atomic E-state index is 14.6. The van der Waals surface area contributed by atoms with Gasteiger partial charge in [-0.05, 0) is 36.3 Å². The molecular weight excluding hydrogens is 408 g/mol. The normalized spacial score (nSPS) is 20.9. The summed E-state index contributed by atoms with van der Waals surface area (Å²) in [6, 6.07) is 0.822. The van der Waals surface area contributed by atoms with Crippen molar-refractivity contribution in [2.75, 3.05) is 24.6 Å². The number of piperazine rings is 1. The van der Waals surface area contributed by atoms with Gasteiger partial charge in [0.1, 0.15) is 28.4 Å². The molecule has 0 bridgehead atoms. The van der Waals surface area contributed by atoms with E-state index in [4.69, 9.17) is 5.73 Å². The molecule has 8 nitrogen and oxygen atoms in total. The van der Waals surface area contributed by atoms with Gasteiger partial charge in [-0.3, -0.25) is 4.79 Å². The Bertz CT molecular complexity index is 1090. The van der Waals surface area contributed by atoms with Crippen molar-refractivity contribution in [3.63, 3.8) is 0 Å². The smallest absolute Gasteiger partial charge is 0.407 e. The Kier molecular flexibility index (Phi) is 5.15. The zero-order valence-electron chi connectivity index (χ0n) is 17.8. The van der Waals surface area contributed by atoms with Crippen molar-refractivity contribution < 1.29 is 18.7 Å². The molecule has 1 aromatic carbocycles. The van der Waals surface area contributed by atoms with Gasteiger partial charge in [-0.15, -0.1) is 0 Å². The molecule has 2 aliphatic rings. The molecule has 2 fully saturated rings. The number of hydrogen-bond acceptors (Lipinski definition) is 5. The van der Waals surface area contributed by atoms with Crippen LogP contribution in [-0.2, 0) is 0 Å². The van der Waals surface area contributed by atoms with Gasteiger partial charge in [-0.2, -0.15) is 0 Å². The predicted octanol–water partition coefficient (Wildman–Crippen LogP) is 2.43. The van der Waals surface area contributed by atoms with E-state index in [9.17, 15) is 23.5 Å². The Hall–Kier alpha value is -2.75. The van der Waals surface area contributed by atoms with Crippen LogP contribution >= 0.6 is 0 Å². The van der Waals surface area contributed by atoms with Crippen molar-refractivity contribution in [1.29, 1.82) is 0 Å². The second kappa shape index (κ2) is 7.44. The Morgan fingerprint density at radius 2 is 1.87 bits per heavy atom. The minimum atomic E-state index is -1.04. The molecule has 1 aromatic heterocycles. The molecule has 1 aliphatic heterocycles. The molecule has 4 rings (SSSR count). The number of aromatic nitrogens is 2. The molecule has 31 heavy (non-hydrogen) atoms. The van der Waals surface area contributed by atoms with Crippen molar-refractivity contribution in [3.8, 4) is 0 Å². The number of hydrogen-bond donors (Lipinski definition) is 2. The fourth-order valence-corrected chi connectivity index (χ4v) is 4.30. The highest BCUT2D eigenvalue weighted by atomic mass is 19.1. The Balaban J connectivity index is 1.89. The summed E-state index contributed by atoms with van der Waals surface area (Å²) < 4.78 is 30.2. The molecule has 1 saturated carbocycles.